The number of ketones is 1. The summed E-state index contributed by atoms with van der Waals surface area (Å²) in [5, 5.41) is 10.1. The monoisotopic (exact) mass is 347 g/mol. The number of fused-ring (bicyclic) bond motifs is 3. The van der Waals surface area contributed by atoms with E-state index in [2.05, 4.69) is 36.9 Å². The van der Waals surface area contributed by atoms with E-state index < -0.39 is 5.54 Å². The highest BCUT2D eigenvalue weighted by Gasteiger charge is 2.57. The van der Waals surface area contributed by atoms with Crippen LogP contribution in [0.4, 0.5) is 0 Å². The number of benzene rings is 1. The number of nitrogens with zero attached hydrogens (tertiary/aromatic N) is 1. The Labute approximate surface area is 149 Å². The van der Waals surface area contributed by atoms with Crippen molar-refractivity contribution in [3.8, 4) is 5.75 Å². The highest BCUT2D eigenvalue weighted by atomic mass is 16.5. The predicted molar refractivity (Wildman–Crippen MR) is 96.0 cm³/mol. The maximum Gasteiger partial charge on any atom is 0.161 e. The van der Waals surface area contributed by atoms with Gasteiger partial charge in [-0.25, -0.2) is 0 Å². The van der Waals surface area contributed by atoms with Crippen molar-refractivity contribution in [2.45, 2.75) is 44.2 Å². The largest absolute Gasteiger partial charge is 0.496 e. The molecule has 3 unspecified atom stereocenters. The Hall–Kier alpha value is -1.43. The van der Waals surface area contributed by atoms with Crippen molar-refractivity contribution in [1.29, 1.82) is 0 Å². The van der Waals surface area contributed by atoms with Gasteiger partial charge in [0.15, 0.2) is 5.78 Å². The van der Waals surface area contributed by atoms with Crippen LogP contribution in [0.3, 0.4) is 0 Å². The fourth-order valence-electron chi connectivity index (χ4n) is 4.50. The number of Topliss-reactive ketones (excluding diaryl/α,β-unsaturated/α-hetero) is 1. The van der Waals surface area contributed by atoms with Crippen LogP contribution in [-0.2, 0) is 9.53 Å². The van der Waals surface area contributed by atoms with E-state index >= 15 is 0 Å². The number of ether oxygens (including phenoxy) is 2. The molecule has 1 N–H and O–H groups in total. The van der Waals surface area contributed by atoms with Gasteiger partial charge in [-0.05, 0) is 30.4 Å². The van der Waals surface area contributed by atoms with Gasteiger partial charge >= 0.3 is 0 Å². The summed E-state index contributed by atoms with van der Waals surface area (Å²) in [7, 11) is 3.28. The molecule has 3 aliphatic rings. The number of rotatable bonds is 6. The summed E-state index contributed by atoms with van der Waals surface area (Å²) < 4.78 is 11.0. The molecule has 3 aliphatic heterocycles. The van der Waals surface area contributed by atoms with Gasteiger partial charge in [-0.1, -0.05) is 26.0 Å². The second-order valence-corrected chi connectivity index (χ2v) is 7.57. The van der Waals surface area contributed by atoms with Gasteiger partial charge in [0, 0.05) is 31.2 Å². The number of aliphatic hydroxyl groups is 1. The van der Waals surface area contributed by atoms with Crippen molar-refractivity contribution in [3.63, 3.8) is 0 Å². The topological polar surface area (TPSA) is 59.0 Å². The molecule has 5 heteroatoms. The standard InChI is InChI=1S/C20H29NO4/c1-13(2)14-5-6-16(18(10-14)25-4)17-9-15-7-8-21(17)20(11-22,12-24-3)19(15)23/h5-6,10,13,15,17,22H,7-9,11-12H2,1-4H3/t15?,17-,20?/m0/s1. The molecule has 1 aromatic carbocycles. The van der Waals surface area contributed by atoms with Gasteiger partial charge < -0.3 is 14.6 Å². The zero-order valence-corrected chi connectivity index (χ0v) is 15.6. The van der Waals surface area contributed by atoms with Gasteiger partial charge in [0.05, 0.1) is 20.3 Å². The van der Waals surface area contributed by atoms with Crippen molar-refractivity contribution in [3.05, 3.63) is 29.3 Å². The molecule has 3 heterocycles. The maximum absolute atomic E-state index is 12.9. The molecule has 1 aromatic rings. The maximum atomic E-state index is 12.9. The summed E-state index contributed by atoms with van der Waals surface area (Å²) in [5.41, 5.74) is 1.40. The van der Waals surface area contributed by atoms with Crippen LogP contribution in [0.1, 0.15) is 49.8 Å². The van der Waals surface area contributed by atoms with Crippen LogP contribution in [0.15, 0.2) is 18.2 Å². The van der Waals surface area contributed by atoms with Gasteiger partial charge in [0.1, 0.15) is 11.3 Å². The van der Waals surface area contributed by atoms with Crippen LogP contribution in [0.5, 0.6) is 5.75 Å². The second kappa shape index (κ2) is 7.06. The number of hydrogen-bond donors (Lipinski definition) is 1. The van der Waals surface area contributed by atoms with Crippen molar-refractivity contribution in [1.82, 2.24) is 4.90 Å². The Morgan fingerprint density at radius 1 is 1.36 bits per heavy atom. The zero-order chi connectivity index (χ0) is 18.2. The van der Waals surface area contributed by atoms with Crippen molar-refractivity contribution in [2.24, 2.45) is 5.92 Å². The Balaban J connectivity index is 2.02. The molecular formula is C20H29NO4. The number of methoxy groups -OCH3 is 2. The van der Waals surface area contributed by atoms with E-state index in [-0.39, 0.29) is 31.0 Å². The molecule has 3 saturated heterocycles. The first-order chi connectivity index (χ1) is 12.0. The third-order valence-electron chi connectivity index (χ3n) is 5.91. The Morgan fingerprint density at radius 2 is 2.12 bits per heavy atom. The van der Waals surface area contributed by atoms with Crippen molar-refractivity contribution >= 4 is 5.78 Å². The lowest BCUT2D eigenvalue weighted by molar-refractivity contribution is -0.166. The average molecular weight is 347 g/mol. The van der Waals surface area contributed by atoms with Gasteiger partial charge in [0.25, 0.3) is 0 Å². The first-order valence-electron chi connectivity index (χ1n) is 9.07. The molecular weight excluding hydrogens is 318 g/mol. The minimum absolute atomic E-state index is 0.0215. The van der Waals surface area contributed by atoms with Crippen LogP contribution >= 0.6 is 0 Å². The van der Waals surface area contributed by atoms with Crippen molar-refractivity contribution in [2.75, 3.05) is 34.0 Å². The van der Waals surface area contributed by atoms with Crippen LogP contribution in [0.2, 0.25) is 0 Å². The summed E-state index contributed by atoms with van der Waals surface area (Å²) >= 11 is 0. The fourth-order valence-corrected chi connectivity index (χ4v) is 4.50. The predicted octanol–water partition coefficient (Wildman–Crippen LogP) is 2.53. The lowest BCUT2D eigenvalue weighted by Gasteiger charge is -2.56. The molecule has 4 atom stereocenters. The lowest BCUT2D eigenvalue weighted by Crippen LogP contribution is -2.69. The van der Waals surface area contributed by atoms with Gasteiger partial charge in [-0.15, -0.1) is 0 Å². The first-order valence-corrected chi connectivity index (χ1v) is 9.07. The molecule has 5 nitrogen and oxygen atoms in total. The summed E-state index contributed by atoms with van der Waals surface area (Å²) in [6, 6.07) is 6.43. The minimum Gasteiger partial charge on any atom is -0.496 e. The lowest BCUT2D eigenvalue weighted by atomic mass is 9.69. The molecule has 2 bridgehead atoms. The smallest absolute Gasteiger partial charge is 0.161 e. The molecule has 0 amide bonds. The fraction of sp³-hybridized carbons (Fsp3) is 0.650. The summed E-state index contributed by atoms with van der Waals surface area (Å²) in [5.74, 6) is 1.39. The minimum atomic E-state index is -0.928. The van der Waals surface area contributed by atoms with E-state index in [1.165, 1.54) is 5.56 Å². The Kier molecular flexibility index (Phi) is 5.19. The van der Waals surface area contributed by atoms with Crippen molar-refractivity contribution < 1.29 is 19.4 Å². The number of hydrogen-bond acceptors (Lipinski definition) is 5. The first kappa shape index (κ1) is 18.4. The Morgan fingerprint density at radius 3 is 2.72 bits per heavy atom. The van der Waals surface area contributed by atoms with E-state index in [4.69, 9.17) is 9.47 Å². The van der Waals surface area contributed by atoms with Gasteiger partial charge in [-0.3, -0.25) is 9.69 Å². The van der Waals surface area contributed by atoms with Gasteiger partial charge in [0.2, 0.25) is 0 Å². The van der Waals surface area contributed by atoms with Crippen LogP contribution < -0.4 is 4.74 Å². The number of piperidine rings is 3. The SMILES string of the molecule is COCC1(CO)C(=O)C2CCN1[C@H](c1ccc(C(C)C)cc1OC)C2. The normalized spacial score (nSPS) is 31.6. The molecule has 0 saturated carbocycles. The van der Waals surface area contributed by atoms with E-state index in [0.717, 1.165) is 30.7 Å². The average Bonchev–Trinajstić information content (AvgIpc) is 2.64. The Bertz CT molecular complexity index is 645. The van der Waals surface area contributed by atoms with Crippen LogP contribution in [-0.4, -0.2) is 55.3 Å². The highest BCUT2D eigenvalue weighted by Crippen LogP contribution is 2.48. The number of aliphatic hydroxyl groups excluding tert-OH is 1. The third-order valence-corrected chi connectivity index (χ3v) is 5.91. The molecule has 0 aliphatic carbocycles. The molecule has 3 fully saturated rings. The van der Waals surface area contributed by atoms with Crippen LogP contribution in [0, 0.1) is 5.92 Å². The molecule has 4 rings (SSSR count). The second-order valence-electron chi connectivity index (χ2n) is 7.57. The van der Waals surface area contributed by atoms with E-state index in [1.807, 2.05) is 0 Å². The van der Waals surface area contributed by atoms with Crippen LogP contribution in [0.25, 0.3) is 0 Å². The highest BCUT2D eigenvalue weighted by molar-refractivity contribution is 5.92. The molecule has 25 heavy (non-hydrogen) atoms. The molecule has 0 spiro atoms. The molecule has 0 radical (unpaired) electrons. The van der Waals surface area contributed by atoms with E-state index in [0.29, 0.717) is 5.92 Å². The number of carbonyl (C=O) groups excluding carboxylic acids is 1. The summed E-state index contributed by atoms with van der Waals surface area (Å²) in [6.07, 6.45) is 1.63. The number of carbonyl (C=O) groups is 1. The summed E-state index contributed by atoms with van der Waals surface area (Å²) in [6.45, 7) is 5.13. The van der Waals surface area contributed by atoms with E-state index in [1.54, 1.807) is 14.2 Å². The molecule has 0 aromatic heterocycles. The third kappa shape index (κ3) is 2.88. The van der Waals surface area contributed by atoms with Gasteiger partial charge in [-0.2, -0.15) is 0 Å². The molecule has 138 valence electrons. The summed E-state index contributed by atoms with van der Waals surface area (Å²) in [4.78, 5) is 15.0. The van der Waals surface area contributed by atoms with E-state index in [9.17, 15) is 9.90 Å². The quantitative estimate of drug-likeness (QED) is 0.857. The zero-order valence-electron chi connectivity index (χ0n) is 15.6.